The van der Waals surface area contributed by atoms with E-state index in [0.29, 0.717) is 10.7 Å². The standard InChI is InChI=1S/C24H19ClN2O3/c1-15-7-5-12-19(13-15)26-23(28)20-21(16-8-6-9-17(25)14-16)27(30-22(20)24(26)29)18-10-3-2-4-11-18/h2-14,20-22H,1H3. The molecule has 150 valence electrons. The van der Waals surface area contributed by atoms with Gasteiger partial charge in [0.1, 0.15) is 5.92 Å². The predicted octanol–water partition coefficient (Wildman–Crippen LogP) is 4.70. The number of carbonyl (C=O) groups is 2. The monoisotopic (exact) mass is 418 g/mol. The number of rotatable bonds is 3. The molecule has 5 rings (SSSR count). The first-order valence-corrected chi connectivity index (χ1v) is 10.1. The van der Waals surface area contributed by atoms with Gasteiger partial charge in [0.25, 0.3) is 5.91 Å². The van der Waals surface area contributed by atoms with Crippen LogP contribution in [0, 0.1) is 12.8 Å². The zero-order chi connectivity index (χ0) is 20.8. The Morgan fingerprint density at radius 2 is 1.57 bits per heavy atom. The minimum atomic E-state index is -0.887. The molecule has 0 N–H and O–H groups in total. The Labute approximate surface area is 179 Å². The van der Waals surface area contributed by atoms with Crippen LogP contribution in [0.25, 0.3) is 0 Å². The van der Waals surface area contributed by atoms with E-state index in [4.69, 9.17) is 16.4 Å². The van der Waals surface area contributed by atoms with Crippen molar-refractivity contribution in [1.82, 2.24) is 0 Å². The number of para-hydroxylation sites is 1. The van der Waals surface area contributed by atoms with Crippen LogP contribution >= 0.6 is 11.6 Å². The van der Waals surface area contributed by atoms with E-state index in [1.807, 2.05) is 73.7 Å². The van der Waals surface area contributed by atoms with E-state index in [0.717, 1.165) is 16.8 Å². The second-order valence-corrected chi connectivity index (χ2v) is 8.00. The fourth-order valence-corrected chi connectivity index (χ4v) is 4.46. The van der Waals surface area contributed by atoms with E-state index in [2.05, 4.69) is 0 Å². The Morgan fingerprint density at radius 3 is 2.30 bits per heavy atom. The van der Waals surface area contributed by atoms with Crippen LogP contribution in [-0.4, -0.2) is 17.9 Å². The summed E-state index contributed by atoms with van der Waals surface area (Å²) < 4.78 is 0. The molecule has 0 radical (unpaired) electrons. The lowest BCUT2D eigenvalue weighted by Gasteiger charge is -2.28. The number of hydrogen-bond donors (Lipinski definition) is 0. The predicted molar refractivity (Wildman–Crippen MR) is 115 cm³/mol. The Kier molecular flexibility index (Phi) is 4.57. The second-order valence-electron chi connectivity index (χ2n) is 7.56. The molecule has 0 spiro atoms. The van der Waals surface area contributed by atoms with Crippen LogP contribution in [0.2, 0.25) is 5.02 Å². The van der Waals surface area contributed by atoms with Crippen LogP contribution in [-0.2, 0) is 14.4 Å². The highest BCUT2D eigenvalue weighted by molar-refractivity contribution is 6.30. The number of amides is 2. The summed E-state index contributed by atoms with van der Waals surface area (Å²) >= 11 is 6.25. The molecule has 0 bridgehead atoms. The van der Waals surface area contributed by atoms with Gasteiger partial charge in [0.2, 0.25) is 5.91 Å². The van der Waals surface area contributed by atoms with E-state index >= 15 is 0 Å². The fraction of sp³-hybridized carbons (Fsp3) is 0.167. The van der Waals surface area contributed by atoms with Crippen LogP contribution in [0.15, 0.2) is 78.9 Å². The summed E-state index contributed by atoms with van der Waals surface area (Å²) in [6, 6.07) is 23.7. The average Bonchev–Trinajstić information content (AvgIpc) is 3.25. The topological polar surface area (TPSA) is 49.9 Å². The summed E-state index contributed by atoms with van der Waals surface area (Å²) in [4.78, 5) is 34.2. The molecule has 3 aromatic rings. The third-order valence-electron chi connectivity index (χ3n) is 5.58. The van der Waals surface area contributed by atoms with Gasteiger partial charge < -0.3 is 0 Å². The summed E-state index contributed by atoms with van der Waals surface area (Å²) in [6.45, 7) is 1.93. The van der Waals surface area contributed by atoms with Crippen LogP contribution in [0.1, 0.15) is 17.2 Å². The van der Waals surface area contributed by atoms with Gasteiger partial charge in [-0.1, -0.05) is 54.1 Å². The quantitative estimate of drug-likeness (QED) is 0.578. The molecule has 3 atom stereocenters. The SMILES string of the molecule is Cc1cccc(N2C(=O)C3ON(c4ccccc4)C(c4cccc(Cl)c4)C3C2=O)c1. The van der Waals surface area contributed by atoms with Gasteiger partial charge in [-0.05, 0) is 54.4 Å². The second kappa shape index (κ2) is 7.27. The van der Waals surface area contributed by atoms with Gasteiger partial charge in [-0.3, -0.25) is 14.4 Å². The number of halogens is 1. The van der Waals surface area contributed by atoms with Crippen molar-refractivity contribution in [2.45, 2.75) is 19.1 Å². The Morgan fingerprint density at radius 1 is 0.833 bits per heavy atom. The third-order valence-corrected chi connectivity index (χ3v) is 5.81. The summed E-state index contributed by atoms with van der Waals surface area (Å²) in [5.41, 5.74) is 3.15. The van der Waals surface area contributed by atoms with Gasteiger partial charge in [-0.2, -0.15) is 0 Å². The highest BCUT2D eigenvalue weighted by Crippen LogP contribution is 2.47. The maximum absolute atomic E-state index is 13.5. The van der Waals surface area contributed by atoms with Crippen LogP contribution < -0.4 is 9.96 Å². The molecule has 2 aliphatic heterocycles. The lowest BCUT2D eigenvalue weighted by molar-refractivity contribution is -0.126. The molecular formula is C24H19ClN2O3. The number of aryl methyl sites for hydroxylation is 1. The third kappa shape index (κ3) is 2.98. The maximum Gasteiger partial charge on any atom is 0.266 e. The van der Waals surface area contributed by atoms with Crippen molar-refractivity contribution in [3.05, 3.63) is 95.0 Å². The number of benzene rings is 3. The summed E-state index contributed by atoms with van der Waals surface area (Å²) in [6.07, 6.45) is -0.887. The van der Waals surface area contributed by atoms with Crippen molar-refractivity contribution < 1.29 is 14.4 Å². The number of anilines is 2. The number of fused-ring (bicyclic) bond motifs is 1. The Balaban J connectivity index is 1.60. The first-order chi connectivity index (χ1) is 14.5. The molecule has 6 heteroatoms. The Hall–Kier alpha value is -3.15. The van der Waals surface area contributed by atoms with Crippen molar-refractivity contribution in [1.29, 1.82) is 0 Å². The van der Waals surface area contributed by atoms with E-state index in [1.54, 1.807) is 17.2 Å². The van der Waals surface area contributed by atoms with Gasteiger partial charge >= 0.3 is 0 Å². The molecule has 30 heavy (non-hydrogen) atoms. The van der Waals surface area contributed by atoms with E-state index in [1.165, 1.54) is 4.90 Å². The maximum atomic E-state index is 13.5. The molecule has 2 amide bonds. The van der Waals surface area contributed by atoms with Crippen molar-refractivity contribution in [2.24, 2.45) is 5.92 Å². The number of hydrogen-bond acceptors (Lipinski definition) is 4. The van der Waals surface area contributed by atoms with Crippen molar-refractivity contribution in [3.63, 3.8) is 0 Å². The first kappa shape index (κ1) is 18.9. The van der Waals surface area contributed by atoms with Crippen molar-refractivity contribution >= 4 is 34.8 Å². The lowest BCUT2D eigenvalue weighted by atomic mass is 9.90. The zero-order valence-electron chi connectivity index (χ0n) is 16.2. The normalized spacial score (nSPS) is 23.2. The molecule has 0 aromatic heterocycles. The van der Waals surface area contributed by atoms with Crippen molar-refractivity contribution in [3.8, 4) is 0 Å². The molecule has 5 nitrogen and oxygen atoms in total. The van der Waals surface area contributed by atoms with E-state index in [-0.39, 0.29) is 11.8 Å². The number of carbonyl (C=O) groups excluding carboxylic acids is 2. The summed E-state index contributed by atoms with van der Waals surface area (Å²) in [5.74, 6) is -1.28. The molecule has 3 unspecified atom stereocenters. The van der Waals surface area contributed by atoms with Gasteiger partial charge in [-0.15, -0.1) is 0 Å². The van der Waals surface area contributed by atoms with Gasteiger partial charge in [-0.25, -0.2) is 9.96 Å². The molecule has 2 saturated heterocycles. The van der Waals surface area contributed by atoms with Crippen LogP contribution in [0.5, 0.6) is 0 Å². The van der Waals surface area contributed by atoms with E-state index < -0.39 is 18.1 Å². The minimum absolute atomic E-state index is 0.265. The smallest absolute Gasteiger partial charge is 0.266 e. The highest BCUT2D eigenvalue weighted by atomic mass is 35.5. The minimum Gasteiger partial charge on any atom is -0.273 e. The lowest BCUT2D eigenvalue weighted by Crippen LogP contribution is -2.37. The fourth-order valence-electron chi connectivity index (χ4n) is 4.26. The molecule has 2 aliphatic rings. The number of imide groups is 1. The number of hydroxylamine groups is 1. The van der Waals surface area contributed by atoms with Crippen LogP contribution in [0.4, 0.5) is 11.4 Å². The Bertz CT molecular complexity index is 1130. The summed E-state index contributed by atoms with van der Waals surface area (Å²) in [7, 11) is 0. The summed E-state index contributed by atoms with van der Waals surface area (Å²) in [5, 5.41) is 2.24. The largest absolute Gasteiger partial charge is 0.273 e. The van der Waals surface area contributed by atoms with E-state index in [9.17, 15) is 9.59 Å². The number of nitrogens with zero attached hydrogens (tertiary/aromatic N) is 2. The highest BCUT2D eigenvalue weighted by Gasteiger charge is 2.60. The molecule has 2 heterocycles. The molecule has 0 saturated carbocycles. The first-order valence-electron chi connectivity index (χ1n) is 9.75. The average molecular weight is 419 g/mol. The molecule has 0 aliphatic carbocycles. The molecule has 3 aromatic carbocycles. The van der Waals surface area contributed by atoms with Gasteiger partial charge in [0, 0.05) is 5.02 Å². The van der Waals surface area contributed by atoms with Gasteiger partial charge in [0.05, 0.1) is 17.4 Å². The van der Waals surface area contributed by atoms with Crippen molar-refractivity contribution in [2.75, 3.05) is 9.96 Å². The molecule has 2 fully saturated rings. The van der Waals surface area contributed by atoms with Crippen LogP contribution in [0.3, 0.4) is 0 Å². The molecular weight excluding hydrogens is 400 g/mol. The van der Waals surface area contributed by atoms with Gasteiger partial charge in [0.15, 0.2) is 6.10 Å². The zero-order valence-corrected chi connectivity index (χ0v) is 17.0.